The van der Waals surface area contributed by atoms with Crippen LogP contribution in [-0.2, 0) is 26.2 Å². The summed E-state index contributed by atoms with van der Waals surface area (Å²) in [7, 11) is -4.16. The van der Waals surface area contributed by atoms with Gasteiger partial charge in [-0.25, -0.2) is 8.42 Å². The van der Waals surface area contributed by atoms with Crippen LogP contribution in [0.25, 0.3) is 0 Å². The summed E-state index contributed by atoms with van der Waals surface area (Å²) >= 11 is 9.81. The van der Waals surface area contributed by atoms with Crippen LogP contribution in [0.15, 0.2) is 76.1 Å². The average molecular weight is 635 g/mol. The number of benzene rings is 3. The number of hydrogen-bond acceptors (Lipinski definition) is 4. The third-order valence-corrected chi connectivity index (χ3v) is 8.91. The predicted octanol–water partition coefficient (Wildman–Crippen LogP) is 5.86. The Kier molecular flexibility index (Phi) is 10.2. The SMILES string of the molecule is Cc1ccc(S(=O)(=O)N(CC(=O)N(Cc2cccc(Br)c2)C(C)C(=O)NC(C)C)c2cccc(Cl)c2C)cc1. The summed E-state index contributed by atoms with van der Waals surface area (Å²) in [6.07, 6.45) is 0. The smallest absolute Gasteiger partial charge is 0.264 e. The molecule has 208 valence electrons. The van der Waals surface area contributed by atoms with E-state index in [1.54, 1.807) is 44.2 Å². The Balaban J connectivity index is 2.08. The lowest BCUT2D eigenvalue weighted by Crippen LogP contribution is -2.52. The van der Waals surface area contributed by atoms with E-state index >= 15 is 0 Å². The molecule has 0 radical (unpaired) electrons. The molecule has 0 aliphatic carbocycles. The summed E-state index contributed by atoms with van der Waals surface area (Å²) in [5.74, 6) is -0.864. The van der Waals surface area contributed by atoms with Gasteiger partial charge in [-0.3, -0.25) is 13.9 Å². The van der Waals surface area contributed by atoms with Crippen LogP contribution in [0.5, 0.6) is 0 Å². The van der Waals surface area contributed by atoms with Gasteiger partial charge in [-0.15, -0.1) is 0 Å². The number of carbonyl (C=O) groups is 2. The van der Waals surface area contributed by atoms with Gasteiger partial charge in [0, 0.05) is 22.1 Å². The van der Waals surface area contributed by atoms with Crippen molar-refractivity contribution in [2.24, 2.45) is 0 Å². The Morgan fingerprint density at radius 2 is 1.62 bits per heavy atom. The number of anilines is 1. The van der Waals surface area contributed by atoms with E-state index in [4.69, 9.17) is 11.6 Å². The van der Waals surface area contributed by atoms with Crippen molar-refractivity contribution >= 4 is 55.1 Å². The third kappa shape index (κ3) is 7.62. The summed E-state index contributed by atoms with van der Waals surface area (Å²) in [5, 5.41) is 3.22. The van der Waals surface area contributed by atoms with Crippen molar-refractivity contribution in [3.8, 4) is 0 Å². The Bertz CT molecular complexity index is 1450. The maximum Gasteiger partial charge on any atom is 0.264 e. The molecule has 39 heavy (non-hydrogen) atoms. The first-order valence-electron chi connectivity index (χ1n) is 12.5. The molecule has 1 N–H and O–H groups in total. The molecule has 0 saturated heterocycles. The summed E-state index contributed by atoms with van der Waals surface area (Å²) in [5.41, 5.74) is 2.50. The van der Waals surface area contributed by atoms with Gasteiger partial charge >= 0.3 is 0 Å². The lowest BCUT2D eigenvalue weighted by atomic mass is 10.1. The van der Waals surface area contributed by atoms with Crippen LogP contribution in [0.2, 0.25) is 5.02 Å². The fourth-order valence-electron chi connectivity index (χ4n) is 4.04. The molecule has 0 fully saturated rings. The number of sulfonamides is 1. The molecule has 1 atom stereocenters. The third-order valence-electron chi connectivity index (χ3n) is 6.24. The number of aryl methyl sites for hydroxylation is 1. The van der Waals surface area contributed by atoms with Gasteiger partial charge in [0.05, 0.1) is 10.6 Å². The van der Waals surface area contributed by atoms with E-state index in [1.807, 2.05) is 45.0 Å². The zero-order chi connectivity index (χ0) is 28.9. The molecule has 2 amide bonds. The molecule has 0 aliphatic rings. The number of rotatable bonds is 10. The molecule has 7 nitrogen and oxygen atoms in total. The van der Waals surface area contributed by atoms with Crippen LogP contribution >= 0.6 is 27.5 Å². The van der Waals surface area contributed by atoms with E-state index in [1.165, 1.54) is 17.0 Å². The van der Waals surface area contributed by atoms with Crippen molar-refractivity contribution in [2.75, 3.05) is 10.8 Å². The molecule has 0 saturated carbocycles. The van der Waals surface area contributed by atoms with Crippen molar-refractivity contribution in [1.29, 1.82) is 0 Å². The molecule has 0 aromatic heterocycles. The number of hydrogen-bond donors (Lipinski definition) is 1. The van der Waals surface area contributed by atoms with Gasteiger partial charge in [0.2, 0.25) is 11.8 Å². The number of nitrogens with one attached hydrogen (secondary N) is 1. The van der Waals surface area contributed by atoms with Gasteiger partial charge in [0.25, 0.3) is 10.0 Å². The maximum absolute atomic E-state index is 14.0. The molecule has 0 bridgehead atoms. The Morgan fingerprint density at radius 1 is 0.974 bits per heavy atom. The fourth-order valence-corrected chi connectivity index (χ4v) is 6.12. The van der Waals surface area contributed by atoms with E-state index in [-0.39, 0.29) is 29.1 Å². The fraction of sp³-hybridized carbons (Fsp3) is 0.310. The minimum absolute atomic E-state index is 0.0458. The summed E-state index contributed by atoms with van der Waals surface area (Å²) in [6.45, 7) is 8.46. The van der Waals surface area contributed by atoms with Gasteiger partial charge in [-0.1, -0.05) is 63.4 Å². The van der Waals surface area contributed by atoms with Gasteiger partial charge in [0.15, 0.2) is 0 Å². The first-order chi connectivity index (χ1) is 18.3. The highest BCUT2D eigenvalue weighted by molar-refractivity contribution is 9.10. The topological polar surface area (TPSA) is 86.8 Å². The Hall–Kier alpha value is -2.88. The highest BCUT2D eigenvalue weighted by Gasteiger charge is 2.33. The van der Waals surface area contributed by atoms with Crippen molar-refractivity contribution < 1.29 is 18.0 Å². The number of halogens is 2. The molecule has 10 heteroatoms. The van der Waals surface area contributed by atoms with Crippen LogP contribution in [0.4, 0.5) is 5.69 Å². The van der Waals surface area contributed by atoms with Crippen molar-refractivity contribution in [3.05, 3.63) is 92.9 Å². The maximum atomic E-state index is 14.0. The molecular formula is C29H33BrClN3O4S. The van der Waals surface area contributed by atoms with E-state index in [0.29, 0.717) is 10.6 Å². The lowest BCUT2D eigenvalue weighted by molar-refractivity contribution is -0.139. The summed E-state index contributed by atoms with van der Waals surface area (Å²) in [6, 6.07) is 17.8. The molecule has 0 spiro atoms. The van der Waals surface area contributed by atoms with E-state index in [2.05, 4.69) is 21.2 Å². The first kappa shape index (κ1) is 30.7. The molecule has 3 aromatic carbocycles. The second kappa shape index (κ2) is 13.0. The zero-order valence-corrected chi connectivity index (χ0v) is 25.8. The standard InChI is InChI=1S/C29H33BrClN3O4S/c1-19(2)32-29(36)22(5)33(17-23-8-6-9-24(30)16-23)28(35)18-34(27-11-7-10-26(31)21(27)4)39(37,38)25-14-12-20(3)13-15-25/h6-16,19,22H,17-18H2,1-5H3,(H,32,36). The predicted molar refractivity (Wildman–Crippen MR) is 159 cm³/mol. The number of carbonyl (C=O) groups excluding carboxylic acids is 2. The number of nitrogens with zero attached hydrogens (tertiary/aromatic N) is 2. The normalized spacial score (nSPS) is 12.2. The van der Waals surface area contributed by atoms with Gasteiger partial charge in [-0.05, 0) is 82.1 Å². The van der Waals surface area contributed by atoms with E-state index in [0.717, 1.165) is 19.9 Å². The van der Waals surface area contributed by atoms with Crippen LogP contribution in [0.3, 0.4) is 0 Å². The zero-order valence-electron chi connectivity index (χ0n) is 22.6. The quantitative estimate of drug-likeness (QED) is 0.303. The van der Waals surface area contributed by atoms with E-state index < -0.39 is 28.5 Å². The molecule has 1 unspecified atom stereocenters. The molecule has 0 aliphatic heterocycles. The Morgan fingerprint density at radius 3 is 2.23 bits per heavy atom. The monoisotopic (exact) mass is 633 g/mol. The second-order valence-electron chi connectivity index (χ2n) is 9.70. The van der Waals surface area contributed by atoms with Crippen LogP contribution in [0, 0.1) is 13.8 Å². The Labute approximate surface area is 244 Å². The summed E-state index contributed by atoms with van der Waals surface area (Å²) < 4.78 is 29.8. The lowest BCUT2D eigenvalue weighted by Gasteiger charge is -2.33. The largest absolute Gasteiger partial charge is 0.352 e. The number of amides is 2. The molecule has 0 heterocycles. The highest BCUT2D eigenvalue weighted by atomic mass is 79.9. The van der Waals surface area contributed by atoms with Crippen LogP contribution in [-0.4, -0.2) is 43.8 Å². The second-order valence-corrected chi connectivity index (χ2v) is 12.9. The molecular weight excluding hydrogens is 602 g/mol. The molecule has 3 rings (SSSR count). The van der Waals surface area contributed by atoms with Gasteiger partial charge in [0.1, 0.15) is 12.6 Å². The summed E-state index contributed by atoms with van der Waals surface area (Å²) in [4.78, 5) is 28.4. The first-order valence-corrected chi connectivity index (χ1v) is 15.1. The van der Waals surface area contributed by atoms with Gasteiger partial charge < -0.3 is 10.2 Å². The minimum atomic E-state index is -4.16. The van der Waals surface area contributed by atoms with Crippen LogP contribution < -0.4 is 9.62 Å². The minimum Gasteiger partial charge on any atom is -0.352 e. The molecule has 3 aromatic rings. The average Bonchev–Trinajstić information content (AvgIpc) is 2.87. The van der Waals surface area contributed by atoms with E-state index in [9.17, 15) is 18.0 Å². The van der Waals surface area contributed by atoms with Crippen molar-refractivity contribution in [2.45, 2.75) is 58.1 Å². The van der Waals surface area contributed by atoms with Crippen molar-refractivity contribution in [3.63, 3.8) is 0 Å². The van der Waals surface area contributed by atoms with Crippen molar-refractivity contribution in [1.82, 2.24) is 10.2 Å². The van der Waals surface area contributed by atoms with Crippen LogP contribution in [0.1, 0.15) is 37.5 Å². The van der Waals surface area contributed by atoms with Gasteiger partial charge in [-0.2, -0.15) is 0 Å². The highest BCUT2D eigenvalue weighted by Crippen LogP contribution is 2.31.